The van der Waals surface area contributed by atoms with Gasteiger partial charge in [-0.15, -0.1) is 0 Å². The van der Waals surface area contributed by atoms with Crippen LogP contribution >= 0.6 is 0 Å². The van der Waals surface area contributed by atoms with E-state index in [2.05, 4.69) is 4.72 Å². The lowest BCUT2D eigenvalue weighted by atomic mass is 9.90. The van der Waals surface area contributed by atoms with Crippen LogP contribution in [0.4, 0.5) is 0 Å². The van der Waals surface area contributed by atoms with Crippen LogP contribution in [0.25, 0.3) is 0 Å². The summed E-state index contributed by atoms with van der Waals surface area (Å²) in [5.41, 5.74) is -1.01. The molecule has 1 fully saturated rings. The average Bonchev–Trinajstić information content (AvgIpc) is 3.03. The van der Waals surface area contributed by atoms with E-state index in [4.69, 9.17) is 4.74 Å². The predicted octanol–water partition coefficient (Wildman–Crippen LogP) is 1.32. The Kier molecular flexibility index (Phi) is 6.16. The van der Waals surface area contributed by atoms with E-state index in [0.717, 1.165) is 0 Å². The largest absolute Gasteiger partial charge is 0.497 e. The number of nitrogens with zero attached hydrogens (tertiary/aromatic N) is 1. The Balaban J connectivity index is 2.19. The first kappa shape index (κ1) is 21.2. The van der Waals surface area contributed by atoms with Crippen LogP contribution in [0.1, 0.15) is 27.2 Å². The first-order valence-electron chi connectivity index (χ1n) is 8.69. The minimum atomic E-state index is -3.92. The molecule has 1 heterocycles. The molecule has 1 amide bonds. The number of likely N-dealkylation sites (tertiary alicyclic amines) is 1. The van der Waals surface area contributed by atoms with Crippen LogP contribution in [0.3, 0.4) is 0 Å². The zero-order valence-corrected chi connectivity index (χ0v) is 16.7. The molecular weight excluding hydrogens is 372 g/mol. The lowest BCUT2D eigenvalue weighted by molar-refractivity contribution is -0.147. The van der Waals surface area contributed by atoms with Crippen molar-refractivity contribution in [3.05, 3.63) is 24.3 Å². The summed E-state index contributed by atoms with van der Waals surface area (Å²) in [6, 6.07) is 4.88. The van der Waals surface area contributed by atoms with Gasteiger partial charge in [-0.05, 0) is 43.5 Å². The Bertz CT molecular complexity index is 806. The molecule has 1 unspecified atom stereocenters. The maximum Gasteiger partial charge on any atom is 0.311 e. The van der Waals surface area contributed by atoms with Crippen LogP contribution in [0, 0.1) is 11.3 Å². The van der Waals surface area contributed by atoms with E-state index in [1.807, 2.05) is 0 Å². The summed E-state index contributed by atoms with van der Waals surface area (Å²) in [6.45, 7) is 5.43. The van der Waals surface area contributed by atoms with Crippen molar-refractivity contribution in [3.8, 4) is 5.75 Å². The first-order chi connectivity index (χ1) is 12.5. The highest BCUT2D eigenvalue weighted by Gasteiger charge is 2.44. The summed E-state index contributed by atoms with van der Waals surface area (Å²) in [5.74, 6) is -1.15. The van der Waals surface area contributed by atoms with E-state index >= 15 is 0 Å². The summed E-state index contributed by atoms with van der Waals surface area (Å²) >= 11 is 0. The number of carbonyl (C=O) groups excluding carboxylic acids is 1. The number of hydrogen-bond acceptors (Lipinski definition) is 5. The normalized spacial score (nSPS) is 21.3. The van der Waals surface area contributed by atoms with Gasteiger partial charge in [0.25, 0.3) is 0 Å². The fraction of sp³-hybridized carbons (Fsp3) is 0.556. The number of sulfonamides is 1. The van der Waals surface area contributed by atoms with Crippen molar-refractivity contribution in [2.75, 3.05) is 20.2 Å². The van der Waals surface area contributed by atoms with Gasteiger partial charge in [0.1, 0.15) is 11.8 Å². The molecule has 0 radical (unpaired) electrons. The zero-order chi connectivity index (χ0) is 20.4. The topological polar surface area (TPSA) is 113 Å². The molecule has 0 aliphatic carbocycles. The van der Waals surface area contributed by atoms with E-state index in [9.17, 15) is 23.1 Å². The number of hydrogen-bond donors (Lipinski definition) is 2. The third kappa shape index (κ3) is 4.59. The van der Waals surface area contributed by atoms with Crippen molar-refractivity contribution in [1.82, 2.24) is 9.62 Å². The summed E-state index contributed by atoms with van der Waals surface area (Å²) in [4.78, 5) is 25.7. The lowest BCUT2D eigenvalue weighted by Gasteiger charge is -2.27. The van der Waals surface area contributed by atoms with Crippen molar-refractivity contribution in [1.29, 1.82) is 0 Å². The van der Waals surface area contributed by atoms with E-state index in [0.29, 0.717) is 12.2 Å². The first-order valence-corrected chi connectivity index (χ1v) is 10.2. The van der Waals surface area contributed by atoms with Crippen LogP contribution in [0.15, 0.2) is 29.2 Å². The molecule has 0 saturated carbocycles. The molecule has 0 aromatic heterocycles. The van der Waals surface area contributed by atoms with Gasteiger partial charge in [-0.3, -0.25) is 9.59 Å². The fourth-order valence-electron chi connectivity index (χ4n) is 2.98. The van der Waals surface area contributed by atoms with Crippen molar-refractivity contribution in [3.63, 3.8) is 0 Å². The SMILES string of the molecule is COc1ccc(S(=O)(=O)N[C@H](C(=O)N2CCC(C)(C(=O)O)C2)C(C)C)cc1. The highest BCUT2D eigenvalue weighted by atomic mass is 32.2. The van der Waals surface area contributed by atoms with Crippen molar-refractivity contribution < 1.29 is 27.9 Å². The Morgan fingerprint density at radius 2 is 1.85 bits per heavy atom. The second kappa shape index (κ2) is 7.85. The Morgan fingerprint density at radius 1 is 1.26 bits per heavy atom. The Labute approximate surface area is 159 Å². The summed E-state index contributed by atoms with van der Waals surface area (Å²) in [6.07, 6.45) is 0.337. The summed E-state index contributed by atoms with van der Waals surface area (Å²) in [7, 11) is -2.44. The number of nitrogens with one attached hydrogen (secondary N) is 1. The third-order valence-corrected chi connectivity index (χ3v) is 6.34. The Hall–Kier alpha value is -2.13. The molecule has 2 atom stereocenters. The van der Waals surface area contributed by atoms with Gasteiger partial charge in [-0.1, -0.05) is 13.8 Å². The predicted molar refractivity (Wildman–Crippen MR) is 98.9 cm³/mol. The number of ether oxygens (including phenoxy) is 1. The number of methoxy groups -OCH3 is 1. The van der Waals surface area contributed by atoms with Gasteiger partial charge < -0.3 is 14.7 Å². The molecule has 1 aliphatic rings. The third-order valence-electron chi connectivity index (χ3n) is 4.89. The van der Waals surface area contributed by atoms with Crippen LogP contribution in [-0.2, 0) is 19.6 Å². The molecule has 2 rings (SSSR count). The van der Waals surface area contributed by atoms with Crippen molar-refractivity contribution >= 4 is 21.9 Å². The standard InChI is InChI=1S/C18H26N2O6S/c1-12(2)15(16(21)20-10-9-18(3,11-20)17(22)23)19-27(24,25)14-7-5-13(26-4)6-8-14/h5-8,12,15,19H,9-11H2,1-4H3,(H,22,23)/t15-,18?/m0/s1. The second-order valence-corrected chi connectivity index (χ2v) is 9.11. The van der Waals surface area contributed by atoms with E-state index in [-0.39, 0.29) is 23.9 Å². The molecule has 1 saturated heterocycles. The van der Waals surface area contributed by atoms with E-state index in [1.165, 1.54) is 36.3 Å². The summed E-state index contributed by atoms with van der Waals surface area (Å²) < 4.78 is 32.9. The van der Waals surface area contributed by atoms with Gasteiger partial charge in [-0.25, -0.2) is 8.42 Å². The number of aliphatic carboxylic acids is 1. The highest BCUT2D eigenvalue weighted by Crippen LogP contribution is 2.31. The molecule has 0 bridgehead atoms. The number of carboxylic acids is 1. The molecule has 1 aromatic rings. The Morgan fingerprint density at radius 3 is 2.30 bits per heavy atom. The molecule has 2 N–H and O–H groups in total. The smallest absolute Gasteiger partial charge is 0.311 e. The number of carbonyl (C=O) groups is 2. The molecule has 8 nitrogen and oxygen atoms in total. The lowest BCUT2D eigenvalue weighted by Crippen LogP contribution is -2.51. The van der Waals surface area contributed by atoms with Crippen LogP contribution in [0.2, 0.25) is 0 Å². The number of carboxylic acid groups (broad SMARTS) is 1. The zero-order valence-electron chi connectivity index (χ0n) is 15.9. The average molecular weight is 398 g/mol. The van der Waals surface area contributed by atoms with Gasteiger partial charge in [0.05, 0.1) is 17.4 Å². The molecule has 27 heavy (non-hydrogen) atoms. The van der Waals surface area contributed by atoms with Gasteiger partial charge in [0.15, 0.2) is 0 Å². The monoisotopic (exact) mass is 398 g/mol. The summed E-state index contributed by atoms with van der Waals surface area (Å²) in [5, 5.41) is 9.34. The van der Waals surface area contributed by atoms with E-state index in [1.54, 1.807) is 20.8 Å². The van der Waals surface area contributed by atoms with Gasteiger partial charge >= 0.3 is 5.97 Å². The molecule has 9 heteroatoms. The molecule has 1 aliphatic heterocycles. The maximum absolute atomic E-state index is 12.9. The quantitative estimate of drug-likeness (QED) is 0.716. The number of rotatable bonds is 7. The minimum Gasteiger partial charge on any atom is -0.497 e. The van der Waals surface area contributed by atoms with Crippen molar-refractivity contribution in [2.45, 2.75) is 38.1 Å². The van der Waals surface area contributed by atoms with E-state index < -0.39 is 33.4 Å². The number of amides is 1. The maximum atomic E-state index is 12.9. The second-order valence-electron chi connectivity index (χ2n) is 7.39. The van der Waals surface area contributed by atoms with Crippen LogP contribution < -0.4 is 9.46 Å². The van der Waals surface area contributed by atoms with Crippen LogP contribution in [0.5, 0.6) is 5.75 Å². The number of benzene rings is 1. The highest BCUT2D eigenvalue weighted by molar-refractivity contribution is 7.89. The van der Waals surface area contributed by atoms with Crippen LogP contribution in [-0.4, -0.2) is 56.5 Å². The minimum absolute atomic E-state index is 0.0264. The molecule has 0 spiro atoms. The fourth-order valence-corrected chi connectivity index (χ4v) is 4.32. The van der Waals surface area contributed by atoms with Gasteiger partial charge in [0.2, 0.25) is 15.9 Å². The van der Waals surface area contributed by atoms with Gasteiger partial charge in [0, 0.05) is 13.1 Å². The molecular formula is C18H26N2O6S. The molecule has 1 aromatic carbocycles. The van der Waals surface area contributed by atoms with Gasteiger partial charge in [-0.2, -0.15) is 4.72 Å². The van der Waals surface area contributed by atoms with Crippen molar-refractivity contribution in [2.24, 2.45) is 11.3 Å². The molecule has 150 valence electrons.